The first-order valence-electron chi connectivity index (χ1n) is 7.16. The zero-order chi connectivity index (χ0) is 16.4. The van der Waals surface area contributed by atoms with Gasteiger partial charge in [0.15, 0.2) is 0 Å². The summed E-state index contributed by atoms with van der Waals surface area (Å²) in [5.41, 5.74) is 0.101. The number of anilines is 1. The van der Waals surface area contributed by atoms with Gasteiger partial charge in [-0.3, -0.25) is 9.59 Å². The van der Waals surface area contributed by atoms with Crippen molar-refractivity contribution in [2.24, 2.45) is 0 Å². The van der Waals surface area contributed by atoms with E-state index in [0.29, 0.717) is 0 Å². The highest BCUT2D eigenvalue weighted by Crippen LogP contribution is 2.21. The lowest BCUT2D eigenvalue weighted by Gasteiger charge is -2.17. The predicted octanol–water partition coefficient (Wildman–Crippen LogP) is 2.50. The Hall–Kier alpha value is -2.76. The number of nitrogens with one attached hydrogen (secondary N) is 1. The minimum atomic E-state index is -0.924. The van der Waals surface area contributed by atoms with Crippen molar-refractivity contribution in [1.82, 2.24) is 5.32 Å². The number of nitrogens with zero attached hydrogens (tertiary/aromatic N) is 1. The quantitative estimate of drug-likeness (QED) is 0.946. The number of halogens is 2. The predicted molar refractivity (Wildman–Crippen MR) is 81.0 cm³/mol. The van der Waals surface area contributed by atoms with E-state index in [-0.39, 0.29) is 18.9 Å². The van der Waals surface area contributed by atoms with Crippen molar-refractivity contribution in [2.75, 3.05) is 11.4 Å². The van der Waals surface area contributed by atoms with Crippen LogP contribution in [0.25, 0.3) is 0 Å². The second-order valence-corrected chi connectivity index (χ2v) is 5.31. The molecule has 0 radical (unpaired) electrons. The standard InChI is InChI=1S/C17H14F2N2O2/c18-13-7-4-8-14(19)16(13)17(23)20-11-9-15(22)21(10-11)12-5-2-1-3-6-12/h1-8,11H,9-10H2,(H,20,23)/t11-/m0/s1. The molecule has 1 N–H and O–H groups in total. The number of hydrogen-bond donors (Lipinski definition) is 1. The fourth-order valence-corrected chi connectivity index (χ4v) is 2.63. The third-order valence-corrected chi connectivity index (χ3v) is 3.72. The largest absolute Gasteiger partial charge is 0.347 e. The van der Waals surface area contributed by atoms with Crippen molar-refractivity contribution in [3.05, 3.63) is 65.7 Å². The number of carbonyl (C=O) groups is 2. The second-order valence-electron chi connectivity index (χ2n) is 5.31. The fraction of sp³-hybridized carbons (Fsp3) is 0.176. The van der Waals surface area contributed by atoms with Crippen LogP contribution < -0.4 is 10.2 Å². The van der Waals surface area contributed by atoms with Crippen LogP contribution in [-0.2, 0) is 4.79 Å². The number of carbonyl (C=O) groups excluding carboxylic acids is 2. The molecule has 2 amide bonds. The van der Waals surface area contributed by atoms with Gasteiger partial charge in [-0.15, -0.1) is 0 Å². The molecule has 6 heteroatoms. The summed E-state index contributed by atoms with van der Waals surface area (Å²) in [5.74, 6) is -2.85. The first-order chi connectivity index (χ1) is 11.1. The lowest BCUT2D eigenvalue weighted by atomic mass is 10.1. The molecule has 2 aromatic carbocycles. The molecule has 2 aromatic rings. The topological polar surface area (TPSA) is 49.4 Å². The van der Waals surface area contributed by atoms with E-state index >= 15 is 0 Å². The minimum absolute atomic E-state index is 0.0940. The summed E-state index contributed by atoms with van der Waals surface area (Å²) in [6, 6.07) is 11.8. The highest BCUT2D eigenvalue weighted by molar-refractivity contribution is 5.99. The molecule has 0 unspecified atom stereocenters. The number of amides is 2. The van der Waals surface area contributed by atoms with Gasteiger partial charge < -0.3 is 10.2 Å². The molecule has 1 fully saturated rings. The molecule has 0 saturated carbocycles. The molecule has 1 aliphatic rings. The van der Waals surface area contributed by atoms with Gasteiger partial charge in [0.1, 0.15) is 17.2 Å². The molecule has 0 bridgehead atoms. The van der Waals surface area contributed by atoms with Crippen molar-refractivity contribution in [3.63, 3.8) is 0 Å². The van der Waals surface area contributed by atoms with Gasteiger partial charge in [-0.2, -0.15) is 0 Å². The Labute approximate surface area is 131 Å². The zero-order valence-corrected chi connectivity index (χ0v) is 12.1. The van der Waals surface area contributed by atoms with E-state index in [1.54, 1.807) is 17.0 Å². The van der Waals surface area contributed by atoms with Gasteiger partial charge in [-0.1, -0.05) is 24.3 Å². The smallest absolute Gasteiger partial charge is 0.257 e. The van der Waals surface area contributed by atoms with Crippen LogP contribution in [0.15, 0.2) is 48.5 Å². The van der Waals surface area contributed by atoms with E-state index in [2.05, 4.69) is 5.32 Å². The van der Waals surface area contributed by atoms with Crippen LogP contribution in [0.4, 0.5) is 14.5 Å². The Morgan fingerprint density at radius 3 is 2.35 bits per heavy atom. The molecule has 0 aromatic heterocycles. The normalized spacial score (nSPS) is 17.4. The van der Waals surface area contributed by atoms with Gasteiger partial charge in [-0.25, -0.2) is 8.78 Å². The van der Waals surface area contributed by atoms with Crippen molar-refractivity contribution in [2.45, 2.75) is 12.5 Å². The summed E-state index contributed by atoms with van der Waals surface area (Å²) < 4.78 is 27.2. The molecule has 118 valence electrons. The lowest BCUT2D eigenvalue weighted by Crippen LogP contribution is -2.38. The number of hydrogen-bond acceptors (Lipinski definition) is 2. The highest BCUT2D eigenvalue weighted by Gasteiger charge is 2.32. The van der Waals surface area contributed by atoms with Crippen LogP contribution in [0.1, 0.15) is 16.8 Å². The molecular weight excluding hydrogens is 302 g/mol. The Bertz CT molecular complexity index is 729. The van der Waals surface area contributed by atoms with E-state index in [1.807, 2.05) is 18.2 Å². The van der Waals surface area contributed by atoms with E-state index in [1.165, 1.54) is 6.07 Å². The lowest BCUT2D eigenvalue weighted by molar-refractivity contribution is -0.117. The summed E-state index contributed by atoms with van der Waals surface area (Å²) in [5, 5.41) is 2.53. The van der Waals surface area contributed by atoms with E-state index in [0.717, 1.165) is 17.8 Å². The summed E-state index contributed by atoms with van der Waals surface area (Å²) in [7, 11) is 0. The van der Waals surface area contributed by atoms with Gasteiger partial charge in [0.25, 0.3) is 5.91 Å². The molecule has 3 rings (SSSR count). The van der Waals surface area contributed by atoms with Gasteiger partial charge in [-0.05, 0) is 24.3 Å². The Morgan fingerprint density at radius 1 is 1.04 bits per heavy atom. The Balaban J connectivity index is 1.73. The van der Waals surface area contributed by atoms with E-state index in [9.17, 15) is 18.4 Å². The van der Waals surface area contributed by atoms with Crippen LogP contribution in [0, 0.1) is 11.6 Å². The maximum Gasteiger partial charge on any atom is 0.257 e. The summed E-state index contributed by atoms with van der Waals surface area (Å²) in [6.07, 6.45) is 0.0940. The first-order valence-corrected chi connectivity index (χ1v) is 7.16. The van der Waals surface area contributed by atoms with Crippen LogP contribution in [0.5, 0.6) is 0 Å². The van der Waals surface area contributed by atoms with Gasteiger partial charge >= 0.3 is 0 Å². The molecule has 1 heterocycles. The van der Waals surface area contributed by atoms with Crippen molar-refractivity contribution in [3.8, 4) is 0 Å². The van der Waals surface area contributed by atoms with E-state index < -0.39 is 29.1 Å². The summed E-state index contributed by atoms with van der Waals surface area (Å²) in [4.78, 5) is 25.7. The van der Waals surface area contributed by atoms with Crippen molar-refractivity contribution >= 4 is 17.5 Å². The monoisotopic (exact) mass is 316 g/mol. The molecule has 1 saturated heterocycles. The fourth-order valence-electron chi connectivity index (χ4n) is 2.63. The SMILES string of the molecule is O=C(N[C@H]1CC(=O)N(c2ccccc2)C1)c1c(F)cccc1F. The van der Waals surface area contributed by atoms with E-state index in [4.69, 9.17) is 0 Å². The van der Waals surface area contributed by atoms with Crippen LogP contribution in [-0.4, -0.2) is 24.4 Å². The first kappa shape index (κ1) is 15.1. The molecule has 1 aliphatic heterocycles. The maximum absolute atomic E-state index is 13.6. The maximum atomic E-state index is 13.6. The zero-order valence-electron chi connectivity index (χ0n) is 12.1. The van der Waals surface area contributed by atoms with Gasteiger partial charge in [0.05, 0.1) is 6.04 Å². The number of benzene rings is 2. The van der Waals surface area contributed by atoms with Crippen molar-refractivity contribution < 1.29 is 18.4 Å². The van der Waals surface area contributed by atoms with Crippen LogP contribution in [0.3, 0.4) is 0 Å². The average molecular weight is 316 g/mol. The number of para-hydroxylation sites is 1. The Kier molecular flexibility index (Phi) is 4.06. The van der Waals surface area contributed by atoms with Crippen molar-refractivity contribution in [1.29, 1.82) is 0 Å². The third kappa shape index (κ3) is 3.06. The molecule has 0 spiro atoms. The molecule has 23 heavy (non-hydrogen) atoms. The van der Waals surface area contributed by atoms with Gasteiger partial charge in [0.2, 0.25) is 5.91 Å². The summed E-state index contributed by atoms with van der Waals surface area (Å²) >= 11 is 0. The highest BCUT2D eigenvalue weighted by atomic mass is 19.1. The third-order valence-electron chi connectivity index (χ3n) is 3.72. The second kappa shape index (κ2) is 6.16. The average Bonchev–Trinajstić information content (AvgIpc) is 2.88. The van der Waals surface area contributed by atoms with Crippen LogP contribution in [0.2, 0.25) is 0 Å². The molecule has 0 aliphatic carbocycles. The molecular formula is C17H14F2N2O2. The molecule has 1 atom stereocenters. The summed E-state index contributed by atoms with van der Waals surface area (Å²) in [6.45, 7) is 0.269. The molecule has 4 nitrogen and oxygen atoms in total. The number of rotatable bonds is 3. The Morgan fingerprint density at radius 2 is 1.70 bits per heavy atom. The minimum Gasteiger partial charge on any atom is -0.347 e. The van der Waals surface area contributed by atoms with Gasteiger partial charge in [0, 0.05) is 18.7 Å². The van der Waals surface area contributed by atoms with Crippen LogP contribution >= 0.6 is 0 Å².